The number of hydrogen-bond acceptors (Lipinski definition) is 4. The van der Waals surface area contributed by atoms with Crippen molar-refractivity contribution in [3.63, 3.8) is 0 Å². The zero-order valence-electron chi connectivity index (χ0n) is 11.2. The Morgan fingerprint density at radius 2 is 2.11 bits per heavy atom. The number of nitrogens with one attached hydrogen (secondary N) is 1. The van der Waals surface area contributed by atoms with Crippen molar-refractivity contribution in [1.29, 1.82) is 5.26 Å². The highest BCUT2D eigenvalue weighted by Crippen LogP contribution is 2.21. The Morgan fingerprint density at radius 3 is 2.61 bits per heavy atom. The largest absolute Gasteiger partial charge is 0.398 e. The Kier molecular flexibility index (Phi) is 4.57. The van der Waals surface area contributed by atoms with Gasteiger partial charge in [-0.2, -0.15) is 5.26 Å². The van der Waals surface area contributed by atoms with Crippen LogP contribution in [0.3, 0.4) is 0 Å². The third kappa shape index (κ3) is 4.64. The molecule has 4 nitrogen and oxygen atoms in total. The van der Waals surface area contributed by atoms with E-state index < -0.39 is 6.10 Å². The number of nitrogen functional groups attached to an aromatic ring is 1. The lowest BCUT2D eigenvalue weighted by molar-refractivity contribution is 0.132. The molecule has 0 saturated carbocycles. The first-order valence-corrected chi connectivity index (χ1v) is 6.03. The fourth-order valence-corrected chi connectivity index (χ4v) is 1.79. The van der Waals surface area contributed by atoms with Gasteiger partial charge < -0.3 is 16.2 Å². The molecule has 0 saturated heterocycles. The number of anilines is 2. The van der Waals surface area contributed by atoms with E-state index in [0.29, 0.717) is 17.8 Å². The number of nitriles is 1. The molecule has 1 atom stereocenters. The van der Waals surface area contributed by atoms with E-state index in [-0.39, 0.29) is 5.41 Å². The van der Waals surface area contributed by atoms with Crippen LogP contribution in [0.5, 0.6) is 0 Å². The Bertz CT molecular complexity index is 443. The van der Waals surface area contributed by atoms with E-state index in [9.17, 15) is 5.11 Å². The predicted molar refractivity (Wildman–Crippen MR) is 74.1 cm³/mol. The highest BCUT2D eigenvalue weighted by Gasteiger charge is 2.16. The van der Waals surface area contributed by atoms with Crippen LogP contribution in [-0.4, -0.2) is 17.8 Å². The normalized spacial score (nSPS) is 12.8. The van der Waals surface area contributed by atoms with Gasteiger partial charge in [-0.3, -0.25) is 0 Å². The number of nitrogens with zero attached hydrogens (tertiary/aromatic N) is 1. The van der Waals surface area contributed by atoms with Crippen molar-refractivity contribution in [2.75, 3.05) is 17.6 Å². The minimum Gasteiger partial charge on any atom is -0.398 e. The van der Waals surface area contributed by atoms with Gasteiger partial charge in [0.2, 0.25) is 0 Å². The molecule has 0 spiro atoms. The maximum atomic E-state index is 9.87. The van der Waals surface area contributed by atoms with Gasteiger partial charge in [-0.15, -0.1) is 0 Å². The minimum absolute atomic E-state index is 0.102. The fraction of sp³-hybridized carbons (Fsp3) is 0.500. The Labute approximate surface area is 108 Å². The first-order chi connectivity index (χ1) is 8.31. The molecule has 0 aliphatic carbocycles. The second kappa shape index (κ2) is 5.74. The number of nitrogens with two attached hydrogens (primary N) is 1. The second-order valence-electron chi connectivity index (χ2n) is 5.71. The number of rotatable bonds is 4. The number of aliphatic hydroxyl groups is 1. The molecular formula is C14H21N3O. The van der Waals surface area contributed by atoms with Crippen molar-refractivity contribution in [3.05, 3.63) is 23.8 Å². The van der Waals surface area contributed by atoms with Crippen molar-refractivity contribution >= 4 is 11.4 Å². The topological polar surface area (TPSA) is 82.1 Å². The summed E-state index contributed by atoms with van der Waals surface area (Å²) in [5, 5.41) is 21.8. The van der Waals surface area contributed by atoms with Crippen LogP contribution in [0.2, 0.25) is 0 Å². The minimum atomic E-state index is -0.401. The zero-order valence-corrected chi connectivity index (χ0v) is 11.2. The van der Waals surface area contributed by atoms with E-state index in [2.05, 4.69) is 26.1 Å². The van der Waals surface area contributed by atoms with Gasteiger partial charge in [-0.25, -0.2) is 0 Å². The van der Waals surface area contributed by atoms with Gasteiger partial charge in [-0.05, 0) is 30.0 Å². The van der Waals surface area contributed by atoms with E-state index in [1.807, 2.05) is 6.07 Å². The average molecular weight is 247 g/mol. The Balaban J connectivity index is 2.54. The molecular weight excluding hydrogens is 226 g/mol. The van der Waals surface area contributed by atoms with Crippen molar-refractivity contribution in [2.24, 2.45) is 5.41 Å². The lowest BCUT2D eigenvalue weighted by Crippen LogP contribution is -2.25. The van der Waals surface area contributed by atoms with Gasteiger partial charge in [0.05, 0.1) is 17.4 Å². The molecule has 0 aliphatic heterocycles. The lowest BCUT2D eigenvalue weighted by atomic mass is 9.89. The summed E-state index contributed by atoms with van der Waals surface area (Å²) in [5.41, 5.74) is 7.56. The Hall–Kier alpha value is -1.73. The molecule has 1 unspecified atom stereocenters. The van der Waals surface area contributed by atoms with Crippen LogP contribution in [0.1, 0.15) is 32.8 Å². The fourth-order valence-electron chi connectivity index (χ4n) is 1.79. The molecule has 4 N–H and O–H groups in total. The molecule has 0 fully saturated rings. The van der Waals surface area contributed by atoms with E-state index in [1.165, 1.54) is 0 Å². The van der Waals surface area contributed by atoms with Crippen LogP contribution in [0.25, 0.3) is 0 Å². The highest BCUT2D eigenvalue weighted by atomic mass is 16.3. The van der Waals surface area contributed by atoms with Gasteiger partial charge in [-0.1, -0.05) is 20.8 Å². The first kappa shape index (κ1) is 14.3. The molecule has 1 rings (SSSR count). The summed E-state index contributed by atoms with van der Waals surface area (Å²) >= 11 is 0. The maximum absolute atomic E-state index is 9.87. The van der Waals surface area contributed by atoms with Gasteiger partial charge >= 0.3 is 0 Å². The predicted octanol–water partition coefficient (Wildman–Crippen LogP) is 2.35. The smallest absolute Gasteiger partial charge is 0.101 e. The summed E-state index contributed by atoms with van der Waals surface area (Å²) in [6.45, 7) is 6.75. The number of aliphatic hydroxyl groups excluding tert-OH is 1. The molecule has 0 aromatic heterocycles. The third-order valence-corrected chi connectivity index (χ3v) is 2.56. The van der Waals surface area contributed by atoms with Crippen molar-refractivity contribution in [1.82, 2.24) is 0 Å². The van der Waals surface area contributed by atoms with Crippen LogP contribution < -0.4 is 11.1 Å². The summed E-state index contributed by atoms with van der Waals surface area (Å²) in [6.07, 6.45) is 0.327. The standard InChI is InChI=1S/C14H21N3O/c1-14(2,3)7-12(18)9-17-11-5-4-10(8-15)13(16)6-11/h4-6,12,17-18H,7,9,16H2,1-3H3. The number of hydrogen-bond donors (Lipinski definition) is 3. The van der Waals surface area contributed by atoms with Gasteiger partial charge in [0.1, 0.15) is 6.07 Å². The zero-order chi connectivity index (χ0) is 13.8. The average Bonchev–Trinajstić information content (AvgIpc) is 2.24. The Morgan fingerprint density at radius 1 is 1.44 bits per heavy atom. The molecule has 0 radical (unpaired) electrons. The summed E-state index contributed by atoms with van der Waals surface area (Å²) in [4.78, 5) is 0. The first-order valence-electron chi connectivity index (χ1n) is 6.03. The quantitative estimate of drug-likeness (QED) is 0.713. The van der Waals surface area contributed by atoms with Crippen LogP contribution in [-0.2, 0) is 0 Å². The second-order valence-corrected chi connectivity index (χ2v) is 5.71. The molecule has 0 amide bonds. The molecule has 0 aliphatic rings. The van der Waals surface area contributed by atoms with Gasteiger partial charge in [0.25, 0.3) is 0 Å². The van der Waals surface area contributed by atoms with E-state index in [0.717, 1.165) is 12.1 Å². The van der Waals surface area contributed by atoms with Gasteiger partial charge in [0, 0.05) is 12.2 Å². The highest BCUT2D eigenvalue weighted by molar-refractivity contribution is 5.62. The molecule has 0 heterocycles. The molecule has 0 bridgehead atoms. The van der Waals surface area contributed by atoms with Crippen LogP contribution in [0.4, 0.5) is 11.4 Å². The van der Waals surface area contributed by atoms with Crippen LogP contribution >= 0.6 is 0 Å². The summed E-state index contributed by atoms with van der Waals surface area (Å²) in [5.74, 6) is 0. The van der Waals surface area contributed by atoms with Crippen LogP contribution in [0, 0.1) is 16.7 Å². The SMILES string of the molecule is CC(C)(C)CC(O)CNc1ccc(C#N)c(N)c1. The summed E-state index contributed by atoms with van der Waals surface area (Å²) in [6, 6.07) is 7.19. The third-order valence-electron chi connectivity index (χ3n) is 2.56. The summed E-state index contributed by atoms with van der Waals surface area (Å²) in [7, 11) is 0. The maximum Gasteiger partial charge on any atom is 0.101 e. The van der Waals surface area contributed by atoms with E-state index in [4.69, 9.17) is 11.0 Å². The monoisotopic (exact) mass is 247 g/mol. The molecule has 98 valence electrons. The van der Waals surface area contributed by atoms with Crippen LogP contribution in [0.15, 0.2) is 18.2 Å². The molecule has 4 heteroatoms. The van der Waals surface area contributed by atoms with Crippen molar-refractivity contribution in [2.45, 2.75) is 33.3 Å². The van der Waals surface area contributed by atoms with Crippen molar-refractivity contribution < 1.29 is 5.11 Å². The number of benzene rings is 1. The van der Waals surface area contributed by atoms with E-state index in [1.54, 1.807) is 18.2 Å². The van der Waals surface area contributed by atoms with E-state index >= 15 is 0 Å². The van der Waals surface area contributed by atoms with Crippen molar-refractivity contribution in [3.8, 4) is 6.07 Å². The lowest BCUT2D eigenvalue weighted by Gasteiger charge is -2.22. The summed E-state index contributed by atoms with van der Waals surface area (Å²) < 4.78 is 0. The molecule has 1 aromatic carbocycles. The van der Waals surface area contributed by atoms with Gasteiger partial charge in [0.15, 0.2) is 0 Å². The molecule has 18 heavy (non-hydrogen) atoms. The molecule has 1 aromatic rings.